The average Bonchev–Trinajstić information content (AvgIpc) is 2.68. The van der Waals surface area contributed by atoms with E-state index in [1.165, 1.54) is 11.3 Å². The third kappa shape index (κ3) is 3.85. The van der Waals surface area contributed by atoms with E-state index in [1.54, 1.807) is 13.0 Å². The van der Waals surface area contributed by atoms with Gasteiger partial charge in [0.15, 0.2) is 6.61 Å². The van der Waals surface area contributed by atoms with Crippen LogP contribution in [0.4, 0.5) is 0 Å². The second-order valence-electron chi connectivity index (χ2n) is 3.45. The summed E-state index contributed by atoms with van der Waals surface area (Å²) in [5.74, 6) is -0.990. The molecule has 1 rings (SSSR count). The summed E-state index contributed by atoms with van der Waals surface area (Å²) in [6, 6.07) is 1.79. The van der Waals surface area contributed by atoms with Crippen molar-refractivity contribution in [2.45, 2.75) is 27.2 Å². The Labute approximate surface area is 105 Å². The van der Waals surface area contributed by atoms with Crippen LogP contribution in [-0.4, -0.2) is 25.2 Å². The molecule has 0 saturated heterocycles. The quantitative estimate of drug-likeness (QED) is 0.759. The summed E-state index contributed by atoms with van der Waals surface area (Å²) in [5, 5.41) is 0. The minimum absolute atomic E-state index is 0.286. The summed E-state index contributed by atoms with van der Waals surface area (Å²) in [5.41, 5.74) is 1.08. The predicted molar refractivity (Wildman–Crippen MR) is 65.3 cm³/mol. The molecule has 0 saturated carbocycles. The lowest BCUT2D eigenvalue weighted by Gasteiger charge is -2.02. The van der Waals surface area contributed by atoms with Crippen molar-refractivity contribution in [1.82, 2.24) is 0 Å². The van der Waals surface area contributed by atoms with E-state index in [0.29, 0.717) is 4.88 Å². The third-order valence-corrected chi connectivity index (χ3v) is 3.53. The minimum atomic E-state index is -0.523. The van der Waals surface area contributed by atoms with E-state index in [4.69, 9.17) is 4.74 Å². The Balaban J connectivity index is 2.55. The molecule has 0 bridgehead atoms. The molecule has 0 aromatic carbocycles. The SMILES string of the molecule is CCOC(=O)COC(=O)c1cc(C)c(CC)s1. The van der Waals surface area contributed by atoms with Crippen LogP contribution in [0.2, 0.25) is 0 Å². The van der Waals surface area contributed by atoms with Crippen molar-refractivity contribution in [3.8, 4) is 0 Å². The molecule has 0 fully saturated rings. The number of carbonyl (C=O) groups excluding carboxylic acids is 2. The highest BCUT2D eigenvalue weighted by molar-refractivity contribution is 7.14. The first kappa shape index (κ1) is 13.7. The van der Waals surface area contributed by atoms with Crippen LogP contribution >= 0.6 is 11.3 Å². The Hall–Kier alpha value is -1.36. The highest BCUT2D eigenvalue weighted by Gasteiger charge is 2.14. The van der Waals surface area contributed by atoms with E-state index in [-0.39, 0.29) is 13.2 Å². The van der Waals surface area contributed by atoms with Gasteiger partial charge in [-0.15, -0.1) is 11.3 Å². The van der Waals surface area contributed by atoms with Gasteiger partial charge in [0, 0.05) is 4.88 Å². The first-order chi connectivity index (χ1) is 8.08. The van der Waals surface area contributed by atoms with Crippen molar-refractivity contribution < 1.29 is 19.1 Å². The van der Waals surface area contributed by atoms with Gasteiger partial charge in [-0.05, 0) is 31.9 Å². The molecule has 4 nitrogen and oxygen atoms in total. The molecule has 0 unspecified atom stereocenters. The number of rotatable bonds is 5. The zero-order valence-electron chi connectivity index (χ0n) is 10.2. The van der Waals surface area contributed by atoms with Gasteiger partial charge in [-0.25, -0.2) is 9.59 Å². The summed E-state index contributed by atoms with van der Waals surface area (Å²) < 4.78 is 9.52. The molecule has 0 spiro atoms. The molecule has 0 amide bonds. The van der Waals surface area contributed by atoms with E-state index in [1.807, 2.05) is 13.8 Å². The highest BCUT2D eigenvalue weighted by Crippen LogP contribution is 2.22. The number of hydrogen-bond donors (Lipinski definition) is 0. The topological polar surface area (TPSA) is 52.6 Å². The van der Waals surface area contributed by atoms with Crippen LogP contribution in [0.15, 0.2) is 6.07 Å². The second kappa shape index (κ2) is 6.39. The summed E-state index contributed by atoms with van der Waals surface area (Å²) in [6.45, 7) is 5.65. The van der Waals surface area contributed by atoms with Crippen molar-refractivity contribution in [2.75, 3.05) is 13.2 Å². The fraction of sp³-hybridized carbons (Fsp3) is 0.500. The fourth-order valence-electron chi connectivity index (χ4n) is 1.37. The summed E-state index contributed by atoms with van der Waals surface area (Å²) in [6.07, 6.45) is 0.891. The van der Waals surface area contributed by atoms with Crippen LogP contribution in [0.3, 0.4) is 0 Å². The number of carbonyl (C=O) groups is 2. The predicted octanol–water partition coefficient (Wildman–Crippen LogP) is 2.34. The summed E-state index contributed by atoms with van der Waals surface area (Å²) >= 11 is 1.41. The maximum Gasteiger partial charge on any atom is 0.348 e. The highest BCUT2D eigenvalue weighted by atomic mass is 32.1. The normalized spacial score (nSPS) is 10.1. The Kier molecular flexibility index (Phi) is 5.15. The van der Waals surface area contributed by atoms with Crippen LogP contribution in [0, 0.1) is 6.92 Å². The lowest BCUT2D eigenvalue weighted by atomic mass is 10.2. The zero-order valence-corrected chi connectivity index (χ0v) is 11.1. The van der Waals surface area contributed by atoms with Gasteiger partial charge >= 0.3 is 11.9 Å². The van der Waals surface area contributed by atoms with Crippen molar-refractivity contribution in [1.29, 1.82) is 0 Å². The lowest BCUT2D eigenvalue weighted by molar-refractivity contribution is -0.146. The van der Waals surface area contributed by atoms with E-state index >= 15 is 0 Å². The van der Waals surface area contributed by atoms with Crippen LogP contribution in [0.1, 0.15) is 34.0 Å². The second-order valence-corrected chi connectivity index (χ2v) is 4.59. The van der Waals surface area contributed by atoms with E-state index < -0.39 is 11.9 Å². The van der Waals surface area contributed by atoms with Gasteiger partial charge in [0.05, 0.1) is 6.61 Å². The third-order valence-electron chi connectivity index (χ3n) is 2.17. The lowest BCUT2D eigenvalue weighted by Crippen LogP contribution is -2.15. The van der Waals surface area contributed by atoms with Gasteiger partial charge in [0.2, 0.25) is 0 Å². The van der Waals surface area contributed by atoms with Crippen LogP contribution < -0.4 is 0 Å². The smallest absolute Gasteiger partial charge is 0.348 e. The van der Waals surface area contributed by atoms with Crippen molar-refractivity contribution in [2.24, 2.45) is 0 Å². The molecule has 5 heteroatoms. The van der Waals surface area contributed by atoms with Crippen LogP contribution in [-0.2, 0) is 20.7 Å². The van der Waals surface area contributed by atoms with Gasteiger partial charge in [0.25, 0.3) is 0 Å². The van der Waals surface area contributed by atoms with Gasteiger partial charge in [0.1, 0.15) is 4.88 Å². The number of thiophene rings is 1. The van der Waals surface area contributed by atoms with Crippen LogP contribution in [0.25, 0.3) is 0 Å². The first-order valence-corrected chi connectivity index (χ1v) is 6.32. The molecule has 1 heterocycles. The molecule has 0 N–H and O–H groups in total. The van der Waals surface area contributed by atoms with E-state index in [0.717, 1.165) is 16.9 Å². The molecular formula is C12H16O4S. The van der Waals surface area contributed by atoms with Crippen LogP contribution in [0.5, 0.6) is 0 Å². The number of aryl methyl sites for hydroxylation is 2. The van der Waals surface area contributed by atoms with Gasteiger partial charge in [-0.2, -0.15) is 0 Å². The summed E-state index contributed by atoms with van der Waals surface area (Å²) in [7, 11) is 0. The van der Waals surface area contributed by atoms with E-state index in [2.05, 4.69) is 4.74 Å². The monoisotopic (exact) mass is 256 g/mol. The minimum Gasteiger partial charge on any atom is -0.463 e. The number of esters is 2. The molecule has 0 aliphatic rings. The van der Waals surface area contributed by atoms with Gasteiger partial charge < -0.3 is 9.47 Å². The van der Waals surface area contributed by atoms with Gasteiger partial charge in [-0.3, -0.25) is 0 Å². The number of ether oxygens (including phenoxy) is 2. The standard InChI is InChI=1S/C12H16O4S/c1-4-9-8(3)6-10(17-9)12(14)16-7-11(13)15-5-2/h6H,4-5,7H2,1-3H3. The molecule has 0 radical (unpaired) electrons. The Bertz CT molecular complexity index is 409. The summed E-state index contributed by atoms with van der Waals surface area (Å²) in [4.78, 5) is 24.3. The fourth-order valence-corrected chi connectivity index (χ4v) is 2.38. The molecular weight excluding hydrogens is 240 g/mol. The Morgan fingerprint density at radius 1 is 1.29 bits per heavy atom. The van der Waals surface area contributed by atoms with Gasteiger partial charge in [-0.1, -0.05) is 6.92 Å². The molecule has 0 aliphatic heterocycles. The molecule has 17 heavy (non-hydrogen) atoms. The average molecular weight is 256 g/mol. The van der Waals surface area contributed by atoms with Crippen molar-refractivity contribution in [3.63, 3.8) is 0 Å². The Morgan fingerprint density at radius 2 is 2.00 bits per heavy atom. The maximum absolute atomic E-state index is 11.6. The molecule has 0 aliphatic carbocycles. The number of hydrogen-bond acceptors (Lipinski definition) is 5. The maximum atomic E-state index is 11.6. The largest absolute Gasteiger partial charge is 0.463 e. The molecule has 1 aromatic heterocycles. The van der Waals surface area contributed by atoms with E-state index in [9.17, 15) is 9.59 Å². The zero-order chi connectivity index (χ0) is 12.8. The van der Waals surface area contributed by atoms with Crippen molar-refractivity contribution in [3.05, 3.63) is 21.4 Å². The Morgan fingerprint density at radius 3 is 2.53 bits per heavy atom. The molecule has 0 atom stereocenters. The molecule has 94 valence electrons. The molecule has 1 aromatic rings. The van der Waals surface area contributed by atoms with Crippen molar-refractivity contribution >= 4 is 23.3 Å². The first-order valence-electron chi connectivity index (χ1n) is 5.50.